The fourth-order valence-corrected chi connectivity index (χ4v) is 3.09. The molecular formula is C15H20N2O3. The molecular weight excluding hydrogens is 256 g/mol. The van der Waals surface area contributed by atoms with Gasteiger partial charge in [-0.25, -0.2) is 4.79 Å². The third-order valence-electron chi connectivity index (χ3n) is 4.33. The van der Waals surface area contributed by atoms with Crippen LogP contribution in [-0.2, 0) is 15.0 Å². The first-order valence-electron chi connectivity index (χ1n) is 6.80. The van der Waals surface area contributed by atoms with Gasteiger partial charge in [-0.3, -0.25) is 4.79 Å². The summed E-state index contributed by atoms with van der Waals surface area (Å²) in [5.74, 6) is -1.82. The Bertz CT molecular complexity index is 509. The van der Waals surface area contributed by atoms with Crippen LogP contribution in [0.5, 0.6) is 0 Å². The first kappa shape index (κ1) is 14.7. The minimum Gasteiger partial charge on any atom is -0.479 e. The number of carboxylic acid groups (broad SMARTS) is 1. The van der Waals surface area contributed by atoms with Crippen molar-refractivity contribution in [1.82, 2.24) is 0 Å². The minimum atomic E-state index is -2.01. The molecule has 0 bridgehead atoms. The number of Topliss-reactive ketones (excluding diaryl/α,β-unsaturated/α-hetero) is 1. The molecule has 0 heterocycles. The highest BCUT2D eigenvalue weighted by molar-refractivity contribution is 6.12. The summed E-state index contributed by atoms with van der Waals surface area (Å²) in [5.41, 5.74) is 9.31. The van der Waals surface area contributed by atoms with Gasteiger partial charge in [-0.15, -0.1) is 0 Å². The molecule has 0 radical (unpaired) electrons. The Balaban J connectivity index is 2.49. The molecule has 1 fully saturated rings. The molecule has 1 atom stereocenters. The minimum absolute atomic E-state index is 0.393. The molecule has 0 amide bonds. The largest absolute Gasteiger partial charge is 0.479 e. The van der Waals surface area contributed by atoms with Gasteiger partial charge in [0.05, 0.1) is 5.41 Å². The van der Waals surface area contributed by atoms with Gasteiger partial charge in [0.2, 0.25) is 0 Å². The molecule has 1 saturated carbocycles. The molecule has 2 rings (SSSR count). The Morgan fingerprint density at radius 1 is 1.20 bits per heavy atom. The number of ketones is 1. The van der Waals surface area contributed by atoms with Crippen LogP contribution in [0.15, 0.2) is 30.3 Å². The standard InChI is InChI=1S/C15H20N2O3/c16-10-15(17,13(19)20)12(18)14(8-4-5-9-14)11-6-2-1-3-7-11/h1-3,6-7H,4-5,8-10,16-17H2,(H,19,20). The number of carbonyl (C=O) groups is 2. The maximum Gasteiger partial charge on any atom is 0.332 e. The number of hydrogen-bond donors (Lipinski definition) is 3. The average molecular weight is 276 g/mol. The van der Waals surface area contributed by atoms with E-state index in [0.29, 0.717) is 12.8 Å². The monoisotopic (exact) mass is 276 g/mol. The average Bonchev–Trinajstić information content (AvgIpc) is 2.97. The Hall–Kier alpha value is -1.72. The van der Waals surface area contributed by atoms with Crippen LogP contribution < -0.4 is 11.5 Å². The van der Waals surface area contributed by atoms with Gasteiger partial charge in [0.25, 0.3) is 0 Å². The number of carbonyl (C=O) groups excluding carboxylic acids is 1. The summed E-state index contributed by atoms with van der Waals surface area (Å²) in [5, 5.41) is 9.30. The number of benzene rings is 1. The number of hydrogen-bond acceptors (Lipinski definition) is 4. The molecule has 5 heteroatoms. The van der Waals surface area contributed by atoms with Crippen molar-refractivity contribution >= 4 is 11.8 Å². The lowest BCUT2D eigenvalue weighted by Gasteiger charge is -2.35. The van der Waals surface area contributed by atoms with Crippen molar-refractivity contribution in [2.24, 2.45) is 11.5 Å². The Morgan fingerprint density at radius 3 is 2.20 bits per heavy atom. The van der Waals surface area contributed by atoms with Crippen molar-refractivity contribution in [3.63, 3.8) is 0 Å². The normalized spacial score (nSPS) is 20.3. The summed E-state index contributed by atoms with van der Waals surface area (Å²) >= 11 is 0. The van der Waals surface area contributed by atoms with Crippen molar-refractivity contribution in [3.8, 4) is 0 Å². The third-order valence-corrected chi connectivity index (χ3v) is 4.33. The zero-order valence-electron chi connectivity index (χ0n) is 11.3. The molecule has 0 aromatic heterocycles. The molecule has 1 aromatic carbocycles. The lowest BCUT2D eigenvalue weighted by atomic mass is 9.69. The molecule has 1 aliphatic rings. The third kappa shape index (κ3) is 2.13. The molecule has 1 unspecified atom stereocenters. The van der Waals surface area contributed by atoms with Crippen LogP contribution in [0.2, 0.25) is 0 Å². The Labute approximate surface area is 118 Å². The summed E-state index contributed by atoms with van der Waals surface area (Å²) in [6.07, 6.45) is 3.03. The molecule has 108 valence electrons. The smallest absolute Gasteiger partial charge is 0.332 e. The van der Waals surface area contributed by atoms with Crippen LogP contribution in [0.4, 0.5) is 0 Å². The predicted molar refractivity (Wildman–Crippen MR) is 75.2 cm³/mol. The SMILES string of the molecule is NCC(N)(C(=O)O)C(=O)C1(c2ccccc2)CCCC1. The van der Waals surface area contributed by atoms with Gasteiger partial charge in [0.15, 0.2) is 11.3 Å². The molecule has 5 N–H and O–H groups in total. The number of aliphatic carboxylic acids is 1. The highest BCUT2D eigenvalue weighted by atomic mass is 16.4. The second kappa shape index (κ2) is 5.34. The first-order chi connectivity index (χ1) is 9.47. The van der Waals surface area contributed by atoms with Gasteiger partial charge in [-0.05, 0) is 18.4 Å². The maximum atomic E-state index is 12.9. The van der Waals surface area contributed by atoms with Gasteiger partial charge in [-0.2, -0.15) is 0 Å². The Kier molecular flexibility index (Phi) is 3.92. The highest BCUT2D eigenvalue weighted by Gasteiger charge is 2.53. The van der Waals surface area contributed by atoms with Crippen LogP contribution in [0.3, 0.4) is 0 Å². The summed E-state index contributed by atoms with van der Waals surface area (Å²) in [6, 6.07) is 9.30. The van der Waals surface area contributed by atoms with E-state index in [-0.39, 0.29) is 0 Å². The number of carboxylic acids is 1. The van der Waals surface area contributed by atoms with Crippen molar-refractivity contribution in [3.05, 3.63) is 35.9 Å². The molecule has 5 nitrogen and oxygen atoms in total. The summed E-state index contributed by atoms with van der Waals surface area (Å²) < 4.78 is 0. The predicted octanol–water partition coefficient (Wildman–Crippen LogP) is 0.808. The zero-order chi connectivity index (χ0) is 14.8. The van der Waals surface area contributed by atoms with Crippen molar-refractivity contribution in [1.29, 1.82) is 0 Å². The summed E-state index contributed by atoms with van der Waals surface area (Å²) in [4.78, 5) is 24.3. The van der Waals surface area contributed by atoms with Gasteiger partial charge >= 0.3 is 5.97 Å². The lowest BCUT2D eigenvalue weighted by Crippen LogP contribution is -2.65. The van der Waals surface area contributed by atoms with Crippen LogP contribution in [0.25, 0.3) is 0 Å². The highest BCUT2D eigenvalue weighted by Crippen LogP contribution is 2.43. The van der Waals surface area contributed by atoms with E-state index in [1.54, 1.807) is 0 Å². The second-order valence-corrected chi connectivity index (χ2v) is 5.46. The van der Waals surface area contributed by atoms with E-state index in [4.69, 9.17) is 11.5 Å². The molecule has 1 aliphatic carbocycles. The van der Waals surface area contributed by atoms with E-state index < -0.39 is 29.3 Å². The van der Waals surface area contributed by atoms with Gasteiger partial charge < -0.3 is 16.6 Å². The van der Waals surface area contributed by atoms with Crippen molar-refractivity contribution in [2.75, 3.05) is 6.54 Å². The number of rotatable bonds is 5. The van der Waals surface area contributed by atoms with E-state index in [2.05, 4.69) is 0 Å². The maximum absolute atomic E-state index is 12.9. The van der Waals surface area contributed by atoms with E-state index >= 15 is 0 Å². The van der Waals surface area contributed by atoms with E-state index in [0.717, 1.165) is 18.4 Å². The second-order valence-electron chi connectivity index (χ2n) is 5.46. The van der Waals surface area contributed by atoms with Gasteiger partial charge in [0.1, 0.15) is 0 Å². The molecule has 0 saturated heterocycles. The quantitative estimate of drug-likeness (QED) is 0.690. The van der Waals surface area contributed by atoms with Gasteiger partial charge in [0, 0.05) is 6.54 Å². The van der Waals surface area contributed by atoms with Crippen molar-refractivity contribution in [2.45, 2.75) is 36.6 Å². The van der Waals surface area contributed by atoms with Crippen LogP contribution in [0.1, 0.15) is 31.2 Å². The lowest BCUT2D eigenvalue weighted by molar-refractivity contribution is -0.149. The summed E-state index contributed by atoms with van der Waals surface area (Å²) in [7, 11) is 0. The van der Waals surface area contributed by atoms with E-state index in [1.165, 1.54) is 0 Å². The molecule has 20 heavy (non-hydrogen) atoms. The molecule has 0 spiro atoms. The van der Waals surface area contributed by atoms with Crippen LogP contribution >= 0.6 is 0 Å². The zero-order valence-corrected chi connectivity index (χ0v) is 11.3. The summed E-state index contributed by atoms with van der Waals surface area (Å²) in [6.45, 7) is -0.393. The fourth-order valence-electron chi connectivity index (χ4n) is 3.09. The topological polar surface area (TPSA) is 106 Å². The molecule has 0 aliphatic heterocycles. The van der Waals surface area contributed by atoms with Crippen LogP contribution in [-0.4, -0.2) is 28.9 Å². The molecule has 1 aromatic rings. The van der Waals surface area contributed by atoms with Crippen LogP contribution in [0, 0.1) is 0 Å². The first-order valence-corrected chi connectivity index (χ1v) is 6.80. The van der Waals surface area contributed by atoms with E-state index in [9.17, 15) is 14.7 Å². The number of nitrogens with two attached hydrogens (primary N) is 2. The van der Waals surface area contributed by atoms with E-state index in [1.807, 2.05) is 30.3 Å². The van der Waals surface area contributed by atoms with Gasteiger partial charge in [-0.1, -0.05) is 43.2 Å². The fraction of sp³-hybridized carbons (Fsp3) is 0.467. The van der Waals surface area contributed by atoms with Crippen molar-refractivity contribution < 1.29 is 14.7 Å². The Morgan fingerprint density at radius 2 is 1.75 bits per heavy atom.